The van der Waals surface area contributed by atoms with Crippen LogP contribution in [0.5, 0.6) is 0 Å². The van der Waals surface area contributed by atoms with Crippen molar-refractivity contribution in [2.24, 2.45) is 17.0 Å². The van der Waals surface area contributed by atoms with E-state index in [1.165, 1.54) is 0 Å². The Balaban J connectivity index is 0.00000320. The van der Waals surface area contributed by atoms with Gasteiger partial charge >= 0.3 is 5.97 Å². The summed E-state index contributed by atoms with van der Waals surface area (Å²) in [6.07, 6.45) is 3.39. The summed E-state index contributed by atoms with van der Waals surface area (Å²) in [5.41, 5.74) is 0.466. The van der Waals surface area contributed by atoms with Crippen LogP contribution in [0.2, 0.25) is 0 Å². The second kappa shape index (κ2) is 10.1. The lowest BCUT2D eigenvalue weighted by molar-refractivity contribution is -0.685. The number of carbonyl (C=O) groups excluding carboxylic acids is 3. The van der Waals surface area contributed by atoms with Crippen LogP contribution in [0.3, 0.4) is 0 Å². The van der Waals surface area contributed by atoms with E-state index < -0.39 is 56.6 Å². The molecule has 6 unspecified atom stereocenters. The predicted molar refractivity (Wildman–Crippen MR) is 110 cm³/mol. The van der Waals surface area contributed by atoms with Crippen LogP contribution < -0.4 is 26.4 Å². The largest absolute Gasteiger partial charge is 1.00 e. The van der Waals surface area contributed by atoms with Gasteiger partial charge in [0, 0.05) is 31.9 Å². The highest BCUT2D eigenvalue weighted by Crippen LogP contribution is 2.46. The van der Waals surface area contributed by atoms with E-state index in [1.54, 1.807) is 17.0 Å². The Morgan fingerprint density at radius 3 is 1.90 bits per heavy atom. The van der Waals surface area contributed by atoms with Crippen molar-refractivity contribution in [2.75, 3.05) is 19.0 Å². The summed E-state index contributed by atoms with van der Waals surface area (Å²) in [5.74, 6) is -3.93. The molecule has 1 aromatic heterocycles. The molecule has 12 heteroatoms. The molecular weight excluding hydrogens is 544 g/mol. The summed E-state index contributed by atoms with van der Waals surface area (Å²) in [6.45, 7) is -0.149. The van der Waals surface area contributed by atoms with Crippen LogP contribution in [0, 0.1) is 11.8 Å². The number of ketones is 2. The number of hydrogen-bond acceptors (Lipinski definition) is 6. The molecule has 0 aromatic carbocycles. The van der Waals surface area contributed by atoms with Gasteiger partial charge in [0.25, 0.3) is 0 Å². The molecule has 30 heavy (non-hydrogen) atoms. The first-order valence-electron chi connectivity index (χ1n) is 8.72. The normalized spacial score (nSPS) is 30.4. The summed E-state index contributed by atoms with van der Waals surface area (Å²) in [7, 11) is 3.79. The molecule has 0 aliphatic heterocycles. The molecule has 0 spiro atoms. The third kappa shape index (κ3) is 4.78. The van der Waals surface area contributed by atoms with Gasteiger partial charge < -0.3 is 26.7 Å². The minimum absolute atomic E-state index is 0. The zero-order chi connectivity index (χ0) is 21.5. The zero-order valence-electron chi connectivity index (χ0n) is 15.8. The molecule has 2 saturated carbocycles. The Morgan fingerprint density at radius 1 is 1.00 bits per heavy atom. The fourth-order valence-corrected chi connectivity index (χ4v) is 5.05. The number of nitrogens with zero attached hydrogens (tertiary/aromatic N) is 3. The lowest BCUT2D eigenvalue weighted by Gasteiger charge is -2.38. The summed E-state index contributed by atoms with van der Waals surface area (Å²) < 4.78 is 1.58. The van der Waals surface area contributed by atoms with Crippen LogP contribution in [0.4, 0.5) is 5.69 Å². The van der Waals surface area contributed by atoms with E-state index in [-0.39, 0.29) is 23.5 Å². The molecule has 0 radical (unpaired) electrons. The molecule has 1 aromatic rings. The van der Waals surface area contributed by atoms with Gasteiger partial charge in [-0.2, -0.15) is 4.57 Å². The molecule has 0 N–H and O–H groups in total. The van der Waals surface area contributed by atoms with E-state index in [1.807, 2.05) is 31.1 Å². The monoisotopic (exact) mass is 559 g/mol. The van der Waals surface area contributed by atoms with Crippen molar-refractivity contribution in [3.05, 3.63) is 24.5 Å². The molecule has 1 heterocycles. The third-order valence-electron chi connectivity index (χ3n) is 5.00. The van der Waals surface area contributed by atoms with Gasteiger partial charge in [-0.3, -0.25) is 9.59 Å². The Labute approximate surface area is 204 Å². The minimum Gasteiger partial charge on any atom is -1.00 e. The highest BCUT2D eigenvalue weighted by molar-refractivity contribution is 6.71. The number of anilines is 1. The number of carbonyl (C=O) groups is 3. The van der Waals surface area contributed by atoms with Crippen LogP contribution in [0.25, 0.3) is 0 Å². The van der Waals surface area contributed by atoms with Gasteiger partial charge in [0.05, 0.1) is 33.3 Å². The van der Waals surface area contributed by atoms with Gasteiger partial charge in [0.1, 0.15) is 0 Å². The third-order valence-corrected chi connectivity index (χ3v) is 7.56. The van der Waals surface area contributed by atoms with Crippen molar-refractivity contribution in [2.45, 2.75) is 28.1 Å². The Hall–Kier alpha value is -0.930. The molecule has 2 aliphatic carbocycles. The lowest BCUT2D eigenvalue weighted by Crippen LogP contribution is -3.00. The maximum atomic E-state index is 12.6. The van der Waals surface area contributed by atoms with Crippen molar-refractivity contribution in [1.82, 2.24) is 0 Å². The summed E-state index contributed by atoms with van der Waals surface area (Å²) in [4.78, 5) is 44.1. The van der Waals surface area contributed by atoms with E-state index in [2.05, 4.69) is 5.16 Å². The number of pyridine rings is 1. The fraction of sp³-hybridized carbons (Fsp3) is 0.500. The number of rotatable bonds is 4. The highest BCUT2D eigenvalue weighted by Gasteiger charge is 2.60. The number of hydrogen-bond donors (Lipinski definition) is 0. The van der Waals surface area contributed by atoms with Crippen molar-refractivity contribution in [3.63, 3.8) is 0 Å². The second-order valence-electron chi connectivity index (χ2n) is 7.08. The average molecular weight is 562 g/mol. The first-order valence-corrected chi connectivity index (χ1v) is 10.5. The molecule has 3 rings (SSSR count). The SMILES string of the molecule is CN(C)c1cc[n+](CC(=O)ON=C2C(=O)C3C(Cl)C(Cl)C(Cl)C(Cl)C3C2=O)cc1.[Br-]. The van der Waals surface area contributed by atoms with Crippen molar-refractivity contribution in [3.8, 4) is 0 Å². The van der Waals surface area contributed by atoms with Gasteiger partial charge in [0.15, 0.2) is 29.7 Å². The standard InChI is InChI=1S/C18H18Cl4N3O4.BrH/c1-24(2)8-3-5-25(6-4-8)7-9(26)29-23-16-17(27)10-11(18(16)28)13(20)15(22)14(21)12(10)19;/h3-6,10-15H,7H2,1-2H3;1H/q+1;/p-1. The highest BCUT2D eigenvalue weighted by atomic mass is 79.9. The lowest BCUT2D eigenvalue weighted by atomic mass is 9.79. The zero-order valence-corrected chi connectivity index (χ0v) is 20.5. The van der Waals surface area contributed by atoms with Crippen LogP contribution in [0.1, 0.15) is 0 Å². The first-order chi connectivity index (χ1) is 13.6. The molecule has 2 fully saturated rings. The molecule has 0 bridgehead atoms. The molecule has 164 valence electrons. The maximum Gasteiger partial charge on any atom is 0.399 e. The van der Waals surface area contributed by atoms with Gasteiger partial charge in [-0.15, -0.1) is 46.4 Å². The van der Waals surface area contributed by atoms with Crippen LogP contribution >= 0.6 is 46.4 Å². The number of aromatic nitrogens is 1. The van der Waals surface area contributed by atoms with Gasteiger partial charge in [-0.05, 0) is 0 Å². The van der Waals surface area contributed by atoms with Crippen molar-refractivity contribution in [1.29, 1.82) is 0 Å². The quantitative estimate of drug-likeness (QED) is 0.199. The van der Waals surface area contributed by atoms with Crippen LogP contribution in [-0.2, 0) is 25.8 Å². The molecule has 2 aliphatic rings. The summed E-state index contributed by atoms with van der Waals surface area (Å²) in [5, 5.41) is 0.165. The Morgan fingerprint density at radius 2 is 1.47 bits per heavy atom. The first kappa shape index (κ1) is 25.3. The number of Topliss-reactive ketones (excluding diaryl/α,β-unsaturated/α-hetero) is 2. The topological polar surface area (TPSA) is 79.9 Å². The number of halogens is 5. The molecule has 0 amide bonds. The van der Waals surface area contributed by atoms with Gasteiger partial charge in [-0.1, -0.05) is 5.16 Å². The average Bonchev–Trinajstić information content (AvgIpc) is 2.93. The Bertz CT molecular complexity index is 833. The number of oxime groups is 1. The minimum atomic E-state index is -0.949. The summed E-state index contributed by atoms with van der Waals surface area (Å²) >= 11 is 24.8. The second-order valence-corrected chi connectivity index (χ2v) is 9.10. The summed E-state index contributed by atoms with van der Waals surface area (Å²) in [6, 6.07) is 3.64. The molecule has 6 atom stereocenters. The van der Waals surface area contributed by atoms with Crippen molar-refractivity contribution < 1.29 is 40.8 Å². The fourth-order valence-electron chi connectivity index (χ4n) is 3.41. The van der Waals surface area contributed by atoms with Crippen LogP contribution in [0.15, 0.2) is 29.7 Å². The number of alkyl halides is 4. The number of fused-ring (bicyclic) bond motifs is 1. The molecule has 0 saturated heterocycles. The van der Waals surface area contributed by atoms with Gasteiger partial charge in [0.2, 0.25) is 6.54 Å². The van der Waals surface area contributed by atoms with Crippen LogP contribution in [-0.4, -0.2) is 58.9 Å². The maximum absolute atomic E-state index is 12.6. The molecular formula is C18H18BrCl4N3O4. The van der Waals surface area contributed by atoms with E-state index >= 15 is 0 Å². The van der Waals surface area contributed by atoms with E-state index in [4.69, 9.17) is 51.2 Å². The molecule has 7 nitrogen and oxygen atoms in total. The van der Waals surface area contributed by atoms with Crippen molar-refractivity contribution >= 4 is 75.3 Å². The smallest absolute Gasteiger partial charge is 0.399 e. The predicted octanol–water partition coefficient (Wildman–Crippen LogP) is -1.23. The van der Waals surface area contributed by atoms with E-state index in [0.29, 0.717) is 0 Å². The Kier molecular flexibility index (Phi) is 8.55. The van der Waals surface area contributed by atoms with E-state index in [0.717, 1.165) is 5.69 Å². The van der Waals surface area contributed by atoms with Gasteiger partial charge in [-0.25, -0.2) is 4.79 Å². The van der Waals surface area contributed by atoms with E-state index in [9.17, 15) is 14.4 Å².